The number of benzene rings is 1. The molecular formula is C17H20ClN3O. The number of carbonyl (C=O) groups excluding carboxylic acids is 1. The van der Waals surface area contributed by atoms with Gasteiger partial charge in [0.25, 0.3) is 5.91 Å². The van der Waals surface area contributed by atoms with E-state index in [1.165, 1.54) is 0 Å². The Labute approximate surface area is 135 Å². The fourth-order valence-electron chi connectivity index (χ4n) is 1.91. The van der Waals surface area contributed by atoms with Crippen molar-refractivity contribution in [2.24, 2.45) is 5.92 Å². The molecule has 4 nitrogen and oxygen atoms in total. The average molecular weight is 318 g/mol. The van der Waals surface area contributed by atoms with Crippen molar-refractivity contribution in [3.8, 4) is 0 Å². The summed E-state index contributed by atoms with van der Waals surface area (Å²) in [4.78, 5) is 16.1. The van der Waals surface area contributed by atoms with Crippen LogP contribution in [0.25, 0.3) is 0 Å². The van der Waals surface area contributed by atoms with Gasteiger partial charge in [-0.1, -0.05) is 25.4 Å². The Kier molecular flexibility index (Phi) is 5.39. The summed E-state index contributed by atoms with van der Waals surface area (Å²) < 4.78 is 0. The van der Waals surface area contributed by atoms with Crippen LogP contribution in [0.4, 0.5) is 11.4 Å². The average Bonchev–Trinajstić information content (AvgIpc) is 2.48. The molecule has 0 unspecified atom stereocenters. The Bertz CT molecular complexity index is 653. The van der Waals surface area contributed by atoms with Gasteiger partial charge in [-0.25, -0.2) is 4.98 Å². The molecule has 0 aliphatic heterocycles. The molecule has 2 N–H and O–H groups in total. The van der Waals surface area contributed by atoms with E-state index in [1.54, 1.807) is 12.3 Å². The second kappa shape index (κ2) is 7.27. The molecule has 0 atom stereocenters. The Balaban J connectivity index is 2.04. The predicted molar refractivity (Wildman–Crippen MR) is 90.9 cm³/mol. The first-order valence-corrected chi connectivity index (χ1v) is 7.61. The van der Waals surface area contributed by atoms with Crippen LogP contribution in [0.2, 0.25) is 5.02 Å². The molecular weight excluding hydrogens is 298 g/mol. The van der Waals surface area contributed by atoms with Crippen LogP contribution >= 0.6 is 11.6 Å². The second-order valence-corrected chi connectivity index (χ2v) is 6.06. The largest absolute Gasteiger partial charge is 0.354 e. The molecule has 1 amide bonds. The minimum Gasteiger partial charge on any atom is -0.354 e. The summed E-state index contributed by atoms with van der Waals surface area (Å²) in [5.41, 5.74) is 3.25. The van der Waals surface area contributed by atoms with Crippen molar-refractivity contribution in [2.45, 2.75) is 20.8 Å². The first kappa shape index (κ1) is 16.3. The minimum absolute atomic E-state index is 0.150. The summed E-state index contributed by atoms with van der Waals surface area (Å²) in [6, 6.07) is 9.19. The molecule has 2 rings (SSSR count). The number of aromatic nitrogens is 1. The lowest BCUT2D eigenvalue weighted by atomic mass is 10.2. The van der Waals surface area contributed by atoms with Gasteiger partial charge in [0.1, 0.15) is 5.69 Å². The zero-order valence-electron chi connectivity index (χ0n) is 13.0. The van der Waals surface area contributed by atoms with Gasteiger partial charge in [-0.15, -0.1) is 0 Å². The van der Waals surface area contributed by atoms with Gasteiger partial charge >= 0.3 is 0 Å². The maximum atomic E-state index is 11.9. The maximum Gasteiger partial charge on any atom is 0.269 e. The monoisotopic (exact) mass is 317 g/mol. The minimum atomic E-state index is -0.150. The van der Waals surface area contributed by atoms with Crippen molar-refractivity contribution in [3.63, 3.8) is 0 Å². The SMILES string of the molecule is Cc1cc(Cl)ccc1Nc1ccc(C(=O)NCC(C)C)nc1. The highest BCUT2D eigenvalue weighted by atomic mass is 35.5. The molecule has 5 heteroatoms. The Morgan fingerprint density at radius 3 is 2.64 bits per heavy atom. The summed E-state index contributed by atoms with van der Waals surface area (Å²) in [6.45, 7) is 6.73. The van der Waals surface area contributed by atoms with Crippen molar-refractivity contribution < 1.29 is 4.79 Å². The molecule has 116 valence electrons. The highest BCUT2D eigenvalue weighted by molar-refractivity contribution is 6.30. The number of halogens is 1. The lowest BCUT2D eigenvalue weighted by molar-refractivity contribution is 0.0944. The van der Waals surface area contributed by atoms with Gasteiger partial charge in [0.15, 0.2) is 0 Å². The van der Waals surface area contributed by atoms with Gasteiger partial charge in [0.05, 0.1) is 11.9 Å². The van der Waals surface area contributed by atoms with E-state index in [0.29, 0.717) is 23.2 Å². The number of carbonyl (C=O) groups is 1. The zero-order valence-corrected chi connectivity index (χ0v) is 13.7. The van der Waals surface area contributed by atoms with Gasteiger partial charge < -0.3 is 10.6 Å². The van der Waals surface area contributed by atoms with E-state index in [4.69, 9.17) is 11.6 Å². The second-order valence-electron chi connectivity index (χ2n) is 5.62. The summed E-state index contributed by atoms with van der Waals surface area (Å²) in [5.74, 6) is 0.265. The van der Waals surface area contributed by atoms with Crippen LogP contribution in [0, 0.1) is 12.8 Å². The molecule has 1 aromatic carbocycles. The van der Waals surface area contributed by atoms with Crippen molar-refractivity contribution in [1.29, 1.82) is 0 Å². The molecule has 1 aromatic heterocycles. The van der Waals surface area contributed by atoms with Crippen molar-refractivity contribution in [3.05, 3.63) is 52.8 Å². The summed E-state index contributed by atoms with van der Waals surface area (Å²) in [7, 11) is 0. The number of hydrogen-bond acceptors (Lipinski definition) is 3. The molecule has 2 aromatic rings. The molecule has 0 bridgehead atoms. The molecule has 0 spiro atoms. The first-order chi connectivity index (χ1) is 10.5. The van der Waals surface area contributed by atoms with E-state index in [0.717, 1.165) is 16.9 Å². The van der Waals surface area contributed by atoms with Crippen LogP contribution in [0.5, 0.6) is 0 Å². The van der Waals surface area contributed by atoms with Gasteiger partial charge in [-0.2, -0.15) is 0 Å². The lowest BCUT2D eigenvalue weighted by Gasteiger charge is -2.10. The molecule has 0 aliphatic carbocycles. The summed E-state index contributed by atoms with van der Waals surface area (Å²) in [5, 5.41) is 6.82. The molecule has 0 radical (unpaired) electrons. The number of amides is 1. The third-order valence-electron chi connectivity index (χ3n) is 3.13. The lowest BCUT2D eigenvalue weighted by Crippen LogP contribution is -2.27. The van der Waals surface area contributed by atoms with Gasteiger partial charge in [0, 0.05) is 17.3 Å². The normalized spacial score (nSPS) is 10.6. The van der Waals surface area contributed by atoms with Gasteiger partial charge in [-0.3, -0.25) is 4.79 Å². The third-order valence-corrected chi connectivity index (χ3v) is 3.37. The van der Waals surface area contributed by atoms with E-state index in [9.17, 15) is 4.79 Å². The number of hydrogen-bond donors (Lipinski definition) is 2. The van der Waals surface area contributed by atoms with E-state index in [-0.39, 0.29) is 5.91 Å². The molecule has 0 aliphatic rings. The number of aryl methyl sites for hydroxylation is 1. The van der Waals surface area contributed by atoms with Crippen LogP contribution < -0.4 is 10.6 Å². The number of rotatable bonds is 5. The van der Waals surface area contributed by atoms with E-state index < -0.39 is 0 Å². The standard InChI is InChI=1S/C17H20ClN3O/c1-11(2)9-20-17(22)16-7-5-14(10-19-16)21-15-6-4-13(18)8-12(15)3/h4-8,10-11,21H,9H2,1-3H3,(H,20,22). The van der Waals surface area contributed by atoms with E-state index >= 15 is 0 Å². The summed E-state index contributed by atoms with van der Waals surface area (Å²) in [6.07, 6.45) is 1.65. The van der Waals surface area contributed by atoms with E-state index in [1.807, 2.05) is 31.2 Å². The van der Waals surface area contributed by atoms with Gasteiger partial charge in [-0.05, 0) is 48.7 Å². The summed E-state index contributed by atoms with van der Waals surface area (Å²) >= 11 is 5.94. The first-order valence-electron chi connectivity index (χ1n) is 7.23. The Morgan fingerprint density at radius 1 is 1.27 bits per heavy atom. The zero-order chi connectivity index (χ0) is 16.1. The van der Waals surface area contributed by atoms with Crippen LogP contribution in [0.1, 0.15) is 29.9 Å². The van der Waals surface area contributed by atoms with E-state index in [2.05, 4.69) is 29.5 Å². The third kappa shape index (κ3) is 4.46. The topological polar surface area (TPSA) is 54.0 Å². The highest BCUT2D eigenvalue weighted by Gasteiger charge is 2.07. The van der Waals surface area contributed by atoms with Crippen LogP contribution in [0.3, 0.4) is 0 Å². The van der Waals surface area contributed by atoms with Crippen LogP contribution in [-0.2, 0) is 0 Å². The smallest absolute Gasteiger partial charge is 0.269 e. The number of nitrogens with one attached hydrogen (secondary N) is 2. The van der Waals surface area contributed by atoms with Crippen molar-refractivity contribution in [1.82, 2.24) is 10.3 Å². The van der Waals surface area contributed by atoms with Crippen molar-refractivity contribution in [2.75, 3.05) is 11.9 Å². The number of anilines is 2. The maximum absolute atomic E-state index is 11.9. The molecule has 0 saturated carbocycles. The fourth-order valence-corrected chi connectivity index (χ4v) is 2.14. The molecule has 1 heterocycles. The predicted octanol–water partition coefficient (Wildman–Crippen LogP) is 4.17. The molecule has 0 saturated heterocycles. The van der Waals surface area contributed by atoms with Crippen molar-refractivity contribution >= 4 is 28.9 Å². The highest BCUT2D eigenvalue weighted by Crippen LogP contribution is 2.23. The fraction of sp³-hybridized carbons (Fsp3) is 0.294. The van der Waals surface area contributed by atoms with Crippen LogP contribution in [0.15, 0.2) is 36.5 Å². The molecule has 0 fully saturated rings. The Hall–Kier alpha value is -2.07. The Morgan fingerprint density at radius 2 is 2.05 bits per heavy atom. The molecule has 22 heavy (non-hydrogen) atoms. The van der Waals surface area contributed by atoms with Gasteiger partial charge in [0.2, 0.25) is 0 Å². The number of nitrogens with zero attached hydrogens (tertiary/aromatic N) is 1. The quantitative estimate of drug-likeness (QED) is 0.870. The number of pyridine rings is 1. The van der Waals surface area contributed by atoms with Crippen LogP contribution in [-0.4, -0.2) is 17.4 Å².